The SMILES string of the molecule is CCCCNC(=O)OC(=O)O.O=C(O)O.O=C(O)O.c1cc2cccc3c4cccc5cccc(c(c1)c23)c54. The molecule has 0 aliphatic heterocycles. The number of carboxylic acid groups (broad SMARTS) is 5. The molecule has 0 radical (unpaired) electrons. The molecule has 11 nitrogen and oxygen atoms in total. The van der Waals surface area contributed by atoms with E-state index in [0.29, 0.717) is 6.54 Å². The molecule has 39 heavy (non-hydrogen) atoms. The first-order chi connectivity index (χ1) is 18.6. The number of ether oxygens (including phenoxy) is 1. The lowest BCUT2D eigenvalue weighted by Gasteiger charge is -2.13. The molecule has 0 aliphatic carbocycles. The number of nitrogens with one attached hydrogen (secondary N) is 1. The molecule has 6 N–H and O–H groups in total. The standard InChI is InChI=1S/C20H12.C6H11NO4.2CH2O3/c1-5-13-6-2-11-17-18-12-4-8-14-7-3-10-16(20(14)18)15(9-1)19(13)17;1-2-3-4-7-5(8)11-6(9)10;2*2-1(3)4/h1-12H;2-4H2,1H3,(H,7,8)(H,9,10);2*(H2,2,3,4). The lowest BCUT2D eigenvalue weighted by atomic mass is 9.90. The van der Waals surface area contributed by atoms with Gasteiger partial charge in [-0.15, -0.1) is 0 Å². The number of fused-ring (bicyclic) bond motifs is 2. The van der Waals surface area contributed by atoms with Crippen LogP contribution in [0.1, 0.15) is 19.8 Å². The molecule has 0 fully saturated rings. The fourth-order valence-corrected chi connectivity index (χ4v) is 4.06. The summed E-state index contributed by atoms with van der Waals surface area (Å²) in [5.74, 6) is 0. The van der Waals surface area contributed by atoms with E-state index < -0.39 is 24.6 Å². The van der Waals surface area contributed by atoms with Gasteiger partial charge in [0.25, 0.3) is 0 Å². The largest absolute Gasteiger partial charge is 0.514 e. The van der Waals surface area contributed by atoms with Gasteiger partial charge >= 0.3 is 24.6 Å². The first-order valence-electron chi connectivity index (χ1n) is 11.6. The summed E-state index contributed by atoms with van der Waals surface area (Å²) >= 11 is 0. The third-order valence-electron chi connectivity index (χ3n) is 5.37. The molecule has 0 aromatic heterocycles. The molecule has 11 heteroatoms. The highest BCUT2D eigenvalue weighted by Crippen LogP contribution is 2.39. The van der Waals surface area contributed by atoms with Crippen molar-refractivity contribution in [3.8, 4) is 0 Å². The van der Waals surface area contributed by atoms with E-state index in [1.165, 1.54) is 43.1 Å². The molecular weight excluding hydrogens is 510 g/mol. The Bertz CT molecular complexity index is 1390. The van der Waals surface area contributed by atoms with Gasteiger partial charge in [-0.05, 0) is 49.5 Å². The fourth-order valence-electron chi connectivity index (χ4n) is 4.06. The summed E-state index contributed by atoms with van der Waals surface area (Å²) in [4.78, 5) is 37.3. The number of amides is 1. The molecule has 0 bridgehead atoms. The van der Waals surface area contributed by atoms with Crippen LogP contribution in [0.2, 0.25) is 0 Å². The lowest BCUT2D eigenvalue weighted by Crippen LogP contribution is -2.26. The zero-order valence-corrected chi connectivity index (χ0v) is 20.8. The highest BCUT2D eigenvalue weighted by Gasteiger charge is 2.11. The van der Waals surface area contributed by atoms with Gasteiger partial charge in [-0.25, -0.2) is 19.2 Å². The second-order valence-corrected chi connectivity index (χ2v) is 7.92. The van der Waals surface area contributed by atoms with Gasteiger partial charge in [0.1, 0.15) is 0 Å². The summed E-state index contributed by atoms with van der Waals surface area (Å²) in [5, 5.41) is 49.0. The number of rotatable bonds is 3. The monoisotopic (exact) mass is 537 g/mol. The van der Waals surface area contributed by atoms with E-state index in [1.54, 1.807) is 0 Å². The Balaban J connectivity index is 0.000000239. The van der Waals surface area contributed by atoms with Crippen LogP contribution in [0.4, 0.5) is 19.2 Å². The minimum Gasteiger partial charge on any atom is -0.450 e. The highest BCUT2D eigenvalue weighted by molar-refractivity contribution is 6.32. The predicted molar refractivity (Wildman–Crippen MR) is 146 cm³/mol. The van der Waals surface area contributed by atoms with Crippen molar-refractivity contribution in [2.24, 2.45) is 0 Å². The Morgan fingerprint density at radius 2 is 0.974 bits per heavy atom. The average molecular weight is 538 g/mol. The van der Waals surface area contributed by atoms with Crippen LogP contribution in [-0.2, 0) is 4.74 Å². The van der Waals surface area contributed by atoms with Crippen LogP contribution in [0.15, 0.2) is 72.8 Å². The Morgan fingerprint density at radius 1 is 0.641 bits per heavy atom. The second kappa shape index (κ2) is 14.4. The van der Waals surface area contributed by atoms with Crippen molar-refractivity contribution >= 4 is 67.6 Å². The Hall–Kier alpha value is -5.32. The van der Waals surface area contributed by atoms with Gasteiger partial charge in [0.05, 0.1) is 0 Å². The maximum Gasteiger partial charge on any atom is 0.514 e. The third-order valence-corrected chi connectivity index (χ3v) is 5.37. The van der Waals surface area contributed by atoms with E-state index in [2.05, 4.69) is 82.9 Å². The van der Waals surface area contributed by atoms with Gasteiger partial charge < -0.3 is 35.6 Å². The van der Waals surface area contributed by atoms with E-state index in [9.17, 15) is 9.59 Å². The Morgan fingerprint density at radius 3 is 1.26 bits per heavy atom. The summed E-state index contributed by atoms with van der Waals surface area (Å²) in [6.07, 6.45) is -4.41. The fraction of sp³-hybridized carbons (Fsp3) is 0.143. The van der Waals surface area contributed by atoms with Crippen LogP contribution in [0.3, 0.4) is 0 Å². The van der Waals surface area contributed by atoms with Gasteiger partial charge in [-0.3, -0.25) is 0 Å². The van der Waals surface area contributed by atoms with Crippen molar-refractivity contribution in [3.63, 3.8) is 0 Å². The lowest BCUT2D eigenvalue weighted by molar-refractivity contribution is 0.109. The number of hydrogen-bond donors (Lipinski definition) is 6. The number of benzene rings is 5. The maximum absolute atomic E-state index is 10.4. The van der Waals surface area contributed by atoms with Crippen LogP contribution < -0.4 is 5.32 Å². The van der Waals surface area contributed by atoms with E-state index in [1.807, 2.05) is 6.92 Å². The normalized spacial score (nSPS) is 9.87. The molecule has 5 aromatic carbocycles. The zero-order valence-electron chi connectivity index (χ0n) is 20.8. The van der Waals surface area contributed by atoms with Crippen molar-refractivity contribution in [1.29, 1.82) is 0 Å². The third kappa shape index (κ3) is 8.64. The van der Waals surface area contributed by atoms with Gasteiger partial charge in [-0.2, -0.15) is 0 Å². The molecule has 0 atom stereocenters. The zero-order chi connectivity index (χ0) is 28.9. The molecule has 5 aromatic rings. The van der Waals surface area contributed by atoms with Crippen LogP contribution >= 0.6 is 0 Å². The topological polar surface area (TPSA) is 191 Å². The minimum absolute atomic E-state index is 0.447. The summed E-state index contributed by atoms with van der Waals surface area (Å²) < 4.78 is 3.76. The van der Waals surface area contributed by atoms with Gasteiger partial charge in [0.15, 0.2) is 0 Å². The Kier molecular flexibility index (Phi) is 11.1. The first kappa shape index (κ1) is 29.9. The van der Waals surface area contributed by atoms with Gasteiger partial charge in [-0.1, -0.05) is 86.1 Å². The molecule has 0 spiro atoms. The minimum atomic E-state index is -1.83. The number of alkyl carbamates (subject to hydrolysis) is 1. The van der Waals surface area contributed by atoms with Crippen molar-refractivity contribution in [2.75, 3.05) is 6.54 Å². The highest BCUT2D eigenvalue weighted by atomic mass is 16.7. The molecule has 0 aliphatic rings. The van der Waals surface area contributed by atoms with Crippen LogP contribution in [-0.4, -0.2) is 56.6 Å². The van der Waals surface area contributed by atoms with Crippen molar-refractivity contribution in [1.82, 2.24) is 5.32 Å². The summed E-state index contributed by atoms with van der Waals surface area (Å²) in [6, 6.07) is 26.4. The summed E-state index contributed by atoms with van der Waals surface area (Å²) in [7, 11) is 0. The molecule has 0 saturated heterocycles. The van der Waals surface area contributed by atoms with E-state index in [4.69, 9.17) is 35.1 Å². The number of unbranched alkanes of at least 4 members (excludes halogenated alkanes) is 1. The maximum atomic E-state index is 10.4. The number of carbonyl (C=O) groups excluding carboxylic acids is 1. The summed E-state index contributed by atoms with van der Waals surface area (Å²) in [5.41, 5.74) is 0. The van der Waals surface area contributed by atoms with Crippen molar-refractivity contribution in [2.45, 2.75) is 19.8 Å². The van der Waals surface area contributed by atoms with Crippen molar-refractivity contribution in [3.05, 3.63) is 72.8 Å². The first-order valence-corrected chi connectivity index (χ1v) is 11.6. The van der Waals surface area contributed by atoms with Crippen LogP contribution in [0.5, 0.6) is 0 Å². The van der Waals surface area contributed by atoms with Gasteiger partial charge in [0.2, 0.25) is 0 Å². The molecular formula is C28H27NO10. The Labute approximate surface area is 221 Å². The summed E-state index contributed by atoms with van der Waals surface area (Å²) in [6.45, 7) is 2.41. The van der Waals surface area contributed by atoms with E-state index >= 15 is 0 Å². The number of hydrogen-bond acceptors (Lipinski definition) is 5. The quantitative estimate of drug-likeness (QED) is 0.0445. The number of carbonyl (C=O) groups is 4. The van der Waals surface area contributed by atoms with E-state index in [0.717, 1.165) is 12.8 Å². The molecule has 204 valence electrons. The van der Waals surface area contributed by atoms with Crippen molar-refractivity contribution < 1.29 is 49.4 Å². The molecule has 0 saturated carbocycles. The van der Waals surface area contributed by atoms with Crippen LogP contribution in [0.25, 0.3) is 43.1 Å². The smallest absolute Gasteiger partial charge is 0.450 e. The van der Waals surface area contributed by atoms with Crippen LogP contribution in [0, 0.1) is 0 Å². The second-order valence-electron chi connectivity index (χ2n) is 7.92. The molecule has 0 heterocycles. The average Bonchev–Trinajstić information content (AvgIpc) is 2.86. The predicted octanol–water partition coefficient (Wildman–Crippen LogP) is 7.37. The molecule has 1 amide bonds. The van der Waals surface area contributed by atoms with Gasteiger partial charge in [0, 0.05) is 6.54 Å². The molecule has 5 rings (SSSR count). The molecule has 0 unspecified atom stereocenters. The van der Waals surface area contributed by atoms with E-state index in [-0.39, 0.29) is 0 Å².